The molecule has 6 heteroatoms. The number of nitro benzene ring substituents is 1. The van der Waals surface area contributed by atoms with E-state index in [1.165, 1.54) is 0 Å². The van der Waals surface area contributed by atoms with E-state index in [0.29, 0.717) is 18.3 Å². The number of benzene rings is 1. The zero-order chi connectivity index (χ0) is 13.1. The molecule has 1 saturated carbocycles. The van der Waals surface area contributed by atoms with Gasteiger partial charge in [0.05, 0.1) is 11.5 Å². The molecule has 0 heterocycles. The van der Waals surface area contributed by atoms with Gasteiger partial charge in [-0.2, -0.15) is 0 Å². The van der Waals surface area contributed by atoms with Crippen LogP contribution in [0.25, 0.3) is 0 Å². The topological polar surface area (TPSA) is 66.6 Å². The Bertz CT molecular complexity index is 449. The van der Waals surface area contributed by atoms with Crippen LogP contribution in [0, 0.1) is 13.7 Å². The van der Waals surface area contributed by atoms with E-state index in [1.807, 2.05) is 11.0 Å². The summed E-state index contributed by atoms with van der Waals surface area (Å²) in [4.78, 5) is 12.7. The van der Waals surface area contributed by atoms with Crippen LogP contribution in [-0.4, -0.2) is 29.2 Å². The second-order valence-electron chi connectivity index (χ2n) is 4.39. The summed E-state index contributed by atoms with van der Waals surface area (Å²) < 4.78 is 0.848. The largest absolute Gasteiger partial charge is 0.395 e. The van der Waals surface area contributed by atoms with Crippen molar-refractivity contribution in [2.24, 2.45) is 0 Å². The summed E-state index contributed by atoms with van der Waals surface area (Å²) in [5.41, 5.74) is 0.751. The van der Waals surface area contributed by atoms with E-state index in [0.717, 1.165) is 22.8 Å². The van der Waals surface area contributed by atoms with Gasteiger partial charge in [-0.1, -0.05) is 0 Å². The van der Waals surface area contributed by atoms with Gasteiger partial charge in [-0.25, -0.2) is 0 Å². The number of hydrogen-bond donors (Lipinski definition) is 1. The van der Waals surface area contributed by atoms with Gasteiger partial charge < -0.3 is 10.0 Å². The van der Waals surface area contributed by atoms with Crippen LogP contribution in [-0.2, 0) is 0 Å². The van der Waals surface area contributed by atoms with E-state index in [2.05, 4.69) is 22.6 Å². The highest BCUT2D eigenvalue weighted by atomic mass is 127. The maximum absolute atomic E-state index is 11.1. The van der Waals surface area contributed by atoms with Crippen LogP contribution >= 0.6 is 22.6 Å². The summed E-state index contributed by atoms with van der Waals surface area (Å²) in [6.07, 6.45) is 3.25. The first-order chi connectivity index (χ1) is 8.63. The van der Waals surface area contributed by atoms with Crippen molar-refractivity contribution in [2.45, 2.75) is 25.3 Å². The summed E-state index contributed by atoms with van der Waals surface area (Å²) >= 11 is 2.07. The lowest BCUT2D eigenvalue weighted by Crippen LogP contribution is -2.42. The molecule has 0 unspecified atom stereocenters. The third-order valence-electron chi connectivity index (χ3n) is 3.30. The van der Waals surface area contributed by atoms with Crippen LogP contribution in [0.1, 0.15) is 19.3 Å². The van der Waals surface area contributed by atoms with Gasteiger partial charge >= 0.3 is 0 Å². The lowest BCUT2D eigenvalue weighted by atomic mass is 9.91. The fourth-order valence-electron chi connectivity index (χ4n) is 2.19. The highest BCUT2D eigenvalue weighted by Gasteiger charge is 2.29. The Kier molecular flexibility index (Phi) is 4.39. The average molecular weight is 362 g/mol. The van der Waals surface area contributed by atoms with Crippen LogP contribution in [0.5, 0.6) is 0 Å². The van der Waals surface area contributed by atoms with Crippen LogP contribution in [0.3, 0.4) is 0 Å². The molecule has 2 rings (SSSR count). The molecule has 0 saturated heterocycles. The van der Waals surface area contributed by atoms with Crippen molar-refractivity contribution in [3.05, 3.63) is 31.9 Å². The van der Waals surface area contributed by atoms with Gasteiger partial charge in [0.1, 0.15) is 5.69 Å². The SMILES string of the molecule is O=[N+]([O-])c1cc(I)ccc1N(CCO)C1CCC1. The smallest absolute Gasteiger partial charge is 0.293 e. The van der Waals surface area contributed by atoms with Gasteiger partial charge in [-0.3, -0.25) is 10.1 Å². The maximum Gasteiger partial charge on any atom is 0.293 e. The molecule has 1 N–H and O–H groups in total. The van der Waals surface area contributed by atoms with E-state index < -0.39 is 0 Å². The summed E-state index contributed by atoms with van der Waals surface area (Å²) in [6.45, 7) is 0.464. The zero-order valence-corrected chi connectivity index (χ0v) is 12.0. The van der Waals surface area contributed by atoms with E-state index in [1.54, 1.807) is 12.1 Å². The lowest BCUT2D eigenvalue weighted by molar-refractivity contribution is -0.384. The van der Waals surface area contributed by atoms with E-state index >= 15 is 0 Å². The maximum atomic E-state index is 11.1. The fourth-order valence-corrected chi connectivity index (χ4v) is 2.67. The summed E-state index contributed by atoms with van der Waals surface area (Å²) in [7, 11) is 0. The highest BCUT2D eigenvalue weighted by Crippen LogP contribution is 2.35. The van der Waals surface area contributed by atoms with Crippen LogP contribution < -0.4 is 4.90 Å². The van der Waals surface area contributed by atoms with Crippen molar-refractivity contribution < 1.29 is 10.0 Å². The Morgan fingerprint density at radius 3 is 2.72 bits per heavy atom. The molecule has 0 bridgehead atoms. The first-order valence-corrected chi connectivity index (χ1v) is 7.03. The van der Waals surface area contributed by atoms with Crippen LogP contribution in [0.15, 0.2) is 18.2 Å². The molecule has 1 aromatic rings. The molecular weight excluding hydrogens is 347 g/mol. The molecule has 0 amide bonds. The molecule has 5 nitrogen and oxygen atoms in total. The van der Waals surface area contributed by atoms with Crippen LogP contribution in [0.4, 0.5) is 11.4 Å². The van der Waals surface area contributed by atoms with Crippen LogP contribution in [0.2, 0.25) is 0 Å². The number of aliphatic hydroxyl groups is 1. The average Bonchev–Trinajstić information content (AvgIpc) is 2.26. The monoisotopic (exact) mass is 362 g/mol. The molecule has 0 atom stereocenters. The van der Waals surface area contributed by atoms with E-state index in [4.69, 9.17) is 5.11 Å². The van der Waals surface area contributed by atoms with E-state index in [9.17, 15) is 10.1 Å². The highest BCUT2D eigenvalue weighted by molar-refractivity contribution is 14.1. The van der Waals surface area contributed by atoms with Crippen molar-refractivity contribution in [3.8, 4) is 0 Å². The summed E-state index contributed by atoms with van der Waals surface area (Å²) in [6, 6.07) is 5.56. The van der Waals surface area contributed by atoms with Crippen molar-refractivity contribution >= 4 is 34.0 Å². The third kappa shape index (κ3) is 2.74. The standard InChI is InChI=1S/C12H15IN2O3/c13-9-4-5-11(12(8-9)15(17)18)14(6-7-16)10-2-1-3-10/h4-5,8,10,16H,1-3,6-7H2. The zero-order valence-electron chi connectivity index (χ0n) is 9.88. The molecule has 1 aliphatic carbocycles. The molecule has 0 aromatic heterocycles. The Balaban J connectivity index is 2.36. The quantitative estimate of drug-likeness (QED) is 0.497. The number of rotatable bonds is 5. The van der Waals surface area contributed by atoms with E-state index in [-0.39, 0.29) is 17.2 Å². The number of aliphatic hydroxyl groups excluding tert-OH is 1. The fraction of sp³-hybridized carbons (Fsp3) is 0.500. The third-order valence-corrected chi connectivity index (χ3v) is 3.97. The summed E-state index contributed by atoms with van der Waals surface area (Å²) in [5.74, 6) is 0. The molecule has 1 aliphatic rings. The Morgan fingerprint density at radius 2 is 2.22 bits per heavy atom. The minimum absolute atomic E-state index is 0.0135. The molecule has 1 fully saturated rings. The number of halogens is 1. The normalized spacial score (nSPS) is 15.2. The number of anilines is 1. The summed E-state index contributed by atoms with van der Waals surface area (Å²) in [5, 5.41) is 20.3. The first-order valence-electron chi connectivity index (χ1n) is 5.95. The molecule has 0 aliphatic heterocycles. The lowest BCUT2D eigenvalue weighted by Gasteiger charge is -2.38. The second-order valence-corrected chi connectivity index (χ2v) is 5.64. The molecular formula is C12H15IN2O3. The Labute approximate surface area is 119 Å². The predicted octanol–water partition coefficient (Wildman–Crippen LogP) is 2.55. The van der Waals surface area contributed by atoms with Gasteiger partial charge in [0.2, 0.25) is 0 Å². The molecule has 1 aromatic carbocycles. The minimum atomic E-state index is -0.347. The number of nitro groups is 1. The van der Waals surface area contributed by atoms with Gasteiger partial charge in [0.15, 0.2) is 0 Å². The van der Waals surface area contributed by atoms with Gasteiger partial charge in [-0.15, -0.1) is 0 Å². The Morgan fingerprint density at radius 1 is 1.50 bits per heavy atom. The molecule has 98 valence electrons. The number of nitrogens with zero attached hydrogens (tertiary/aromatic N) is 2. The molecule has 0 radical (unpaired) electrons. The second kappa shape index (κ2) is 5.83. The van der Waals surface area contributed by atoms with Crippen molar-refractivity contribution in [1.29, 1.82) is 0 Å². The van der Waals surface area contributed by atoms with Crippen molar-refractivity contribution in [1.82, 2.24) is 0 Å². The number of hydrogen-bond acceptors (Lipinski definition) is 4. The van der Waals surface area contributed by atoms with Gasteiger partial charge in [-0.05, 0) is 54.0 Å². The van der Waals surface area contributed by atoms with Crippen molar-refractivity contribution in [3.63, 3.8) is 0 Å². The molecule has 18 heavy (non-hydrogen) atoms. The minimum Gasteiger partial charge on any atom is -0.395 e. The van der Waals surface area contributed by atoms with Crippen molar-refractivity contribution in [2.75, 3.05) is 18.1 Å². The Hall–Kier alpha value is -0.890. The first kappa shape index (κ1) is 13.5. The molecule has 0 spiro atoms. The van der Waals surface area contributed by atoms with Gasteiger partial charge in [0, 0.05) is 22.2 Å². The predicted molar refractivity (Wildman–Crippen MR) is 77.9 cm³/mol. The van der Waals surface area contributed by atoms with Gasteiger partial charge in [0.25, 0.3) is 5.69 Å².